The van der Waals surface area contributed by atoms with Crippen molar-refractivity contribution >= 4 is 107 Å². The van der Waals surface area contributed by atoms with Crippen molar-refractivity contribution in [2.45, 2.75) is 0 Å². The topological polar surface area (TPSA) is 54.0 Å². The van der Waals surface area contributed by atoms with E-state index in [1.165, 1.54) is 31.8 Å². The average molecular weight is 1320 g/mol. The van der Waals surface area contributed by atoms with Gasteiger partial charge in [-0.25, -0.2) is 4.98 Å². The third-order valence-corrected chi connectivity index (χ3v) is 17.3. The molecule has 8 aromatic carbocycles. The van der Waals surface area contributed by atoms with Gasteiger partial charge in [-0.3, -0.25) is 10.5 Å². The number of nitrogens with zero attached hydrogens (tertiary/aromatic N) is 4. The summed E-state index contributed by atoms with van der Waals surface area (Å²) in [6, 6.07) is 98.6. The second-order valence-corrected chi connectivity index (χ2v) is 21.8. The van der Waals surface area contributed by atoms with Crippen LogP contribution in [-0.4, -0.2) is 9.97 Å². The van der Waals surface area contributed by atoms with E-state index < -0.39 is 15.8 Å². The van der Waals surface area contributed by atoms with Gasteiger partial charge >= 0.3 is 50.5 Å². The maximum atomic E-state index is 4.94. The van der Waals surface area contributed by atoms with E-state index in [0.29, 0.717) is 0 Å². The first-order chi connectivity index (χ1) is 37.7. The van der Waals surface area contributed by atoms with Crippen LogP contribution in [0.5, 0.6) is 0 Å². The van der Waals surface area contributed by atoms with Gasteiger partial charge in [0.2, 0.25) is 0 Å². The average Bonchev–Trinajstić information content (AvgIpc) is 4.36. The number of benzene rings is 8. The number of rotatable bonds is 8. The first-order valence-electron chi connectivity index (χ1n) is 24.8. The van der Waals surface area contributed by atoms with Crippen LogP contribution in [0.2, 0.25) is 0 Å². The third kappa shape index (κ3) is 14.0. The normalized spacial score (nSPS) is 11.0. The van der Waals surface area contributed by atoms with E-state index in [4.69, 9.17) is 19.9 Å². The Morgan fingerprint density at radius 3 is 1.09 bits per heavy atom. The fourth-order valence-corrected chi connectivity index (χ4v) is 13.7. The molecule has 370 valence electrons. The molecule has 0 saturated heterocycles. The van der Waals surface area contributed by atoms with Crippen LogP contribution in [0.25, 0.3) is 68.6 Å². The Kier molecular flexibility index (Phi) is 19.8. The van der Waals surface area contributed by atoms with E-state index in [1.807, 2.05) is 109 Å². The molecule has 11 aromatic rings. The minimum absolute atomic E-state index is 0. The van der Waals surface area contributed by atoms with Crippen LogP contribution in [0.1, 0.15) is 22.8 Å². The fraction of sp³-hybridized carbons (Fsp3) is 0. The summed E-state index contributed by atoms with van der Waals surface area (Å²) in [6.45, 7) is 0. The van der Waals surface area contributed by atoms with Crippen molar-refractivity contribution in [1.82, 2.24) is 19.9 Å². The predicted octanol–water partition coefficient (Wildman–Crippen LogP) is 14.8. The Morgan fingerprint density at radius 1 is 0.351 bits per heavy atom. The van der Waals surface area contributed by atoms with Crippen molar-refractivity contribution < 1.29 is 37.2 Å². The summed E-state index contributed by atoms with van der Waals surface area (Å²) in [4.78, 5) is 19.7. The van der Waals surface area contributed by atoms with Crippen LogP contribution >= 0.6 is 29.1 Å². The molecule has 8 bridgehead atoms. The summed E-state index contributed by atoms with van der Waals surface area (Å²) < 4.78 is 0. The van der Waals surface area contributed by atoms with Crippen molar-refractivity contribution in [3.8, 4) is 22.3 Å². The molecule has 5 heterocycles. The monoisotopic (exact) mass is 1320 g/mol. The predicted molar refractivity (Wildman–Crippen MR) is 326 cm³/mol. The molecule has 3 aromatic heterocycles. The summed E-state index contributed by atoms with van der Waals surface area (Å²) in [5.74, 6) is 0. The smallest absolute Gasteiger partial charge is 0.679 e. The second kappa shape index (κ2) is 27.9. The summed E-state index contributed by atoms with van der Waals surface area (Å²) in [7, 11) is -0.892. The van der Waals surface area contributed by atoms with Gasteiger partial charge < -0.3 is 9.97 Å². The van der Waals surface area contributed by atoms with Gasteiger partial charge in [-0.2, -0.15) is 12.1 Å². The minimum Gasteiger partial charge on any atom is -0.679 e. The van der Waals surface area contributed by atoms with Crippen molar-refractivity contribution in [3.05, 3.63) is 302 Å². The van der Waals surface area contributed by atoms with Crippen LogP contribution in [0.4, 0.5) is 0 Å². The SMILES string of the molecule is [Br][Pt+].[Zn+2].[c-]1c2nc(c(-c3ccccc3)c3ccc(cc4nc(c(-c5ccccc5)c5ccc1[n-]5)C=C4)[n-]3)C=C2.c1ccc(P(c2ccccc2)c2ccccc2)cc1.c1ccc(P(c2ccccc2)c2ccccc2)cc1. The van der Waals surface area contributed by atoms with Crippen LogP contribution in [-0.2, 0) is 37.2 Å². The van der Waals surface area contributed by atoms with E-state index in [2.05, 4.69) is 226 Å². The number of fused-ring (bicyclic) bond motifs is 8. The fourth-order valence-electron chi connectivity index (χ4n) is 9.04. The molecule has 0 aliphatic carbocycles. The largest absolute Gasteiger partial charge is 2.00 e. The zero-order chi connectivity index (χ0) is 51.7. The van der Waals surface area contributed by atoms with Crippen LogP contribution in [0, 0.1) is 6.07 Å². The molecule has 0 unspecified atom stereocenters. The van der Waals surface area contributed by atoms with Crippen molar-refractivity contribution in [2.75, 3.05) is 0 Å². The molecule has 0 N–H and O–H groups in total. The Labute approximate surface area is 484 Å². The molecule has 77 heavy (non-hydrogen) atoms. The van der Waals surface area contributed by atoms with Gasteiger partial charge in [0.15, 0.2) is 0 Å². The summed E-state index contributed by atoms with van der Waals surface area (Å²) in [5, 5.41) is 8.39. The Morgan fingerprint density at radius 2 is 0.688 bits per heavy atom. The molecule has 9 heteroatoms. The Balaban J connectivity index is 0.000000150. The van der Waals surface area contributed by atoms with Gasteiger partial charge in [-0.05, 0) is 87.8 Å². The second-order valence-electron chi connectivity index (χ2n) is 17.4. The van der Waals surface area contributed by atoms with Crippen LogP contribution in [0.3, 0.4) is 0 Å². The van der Waals surface area contributed by atoms with Gasteiger partial charge in [0.25, 0.3) is 0 Å². The summed E-state index contributed by atoms with van der Waals surface area (Å²) in [5.41, 5.74) is 10.8. The van der Waals surface area contributed by atoms with Gasteiger partial charge in [-0.15, -0.1) is 28.7 Å². The first-order valence-corrected chi connectivity index (χ1v) is 32.4. The first kappa shape index (κ1) is 54.8. The Hall–Kier alpha value is -6.99. The molecule has 0 fully saturated rings. The number of hydrogen-bond acceptors (Lipinski definition) is 2. The zero-order valence-corrected chi connectivity index (χ0v) is 50.5. The van der Waals surface area contributed by atoms with E-state index in [-0.39, 0.29) is 19.5 Å². The number of halogens is 1. The maximum absolute atomic E-state index is 4.94. The van der Waals surface area contributed by atoms with Gasteiger partial charge in [0, 0.05) is 0 Å². The molecule has 13 rings (SSSR count). The van der Waals surface area contributed by atoms with Gasteiger partial charge in [-0.1, -0.05) is 267 Å². The van der Waals surface area contributed by atoms with Crippen molar-refractivity contribution in [3.63, 3.8) is 0 Å². The standard InChI is InChI=1S/C32H19N4.2C18H15P.BrH.Pt.Zn/c1-3-7-21(8-4-1)31-27-15-11-23(33-27)19-25-13-17-29(35-25)32(22-9-5-2-6-10-22)30-18-14-26(36-30)20-24-12-16-28(31)34-24;2*1-4-10-16(11-5-1)19(17-12-6-2-7-13-17)18-14-8-3-9-15-18;;;/h1-19H;2*1-15H;1H;;/q-3;;;;2*+2/p-1. The molecule has 4 nitrogen and oxygen atoms in total. The molecule has 0 saturated carbocycles. The van der Waals surface area contributed by atoms with E-state index in [0.717, 1.165) is 67.1 Å². The maximum Gasteiger partial charge on any atom is 2.00 e. The summed E-state index contributed by atoms with van der Waals surface area (Å²) in [6.07, 6.45) is 8.08. The third-order valence-electron chi connectivity index (χ3n) is 12.4. The minimum atomic E-state index is -0.446. The molecule has 2 aliphatic rings. The van der Waals surface area contributed by atoms with Gasteiger partial charge in [0.05, 0.1) is 17.1 Å². The van der Waals surface area contributed by atoms with Crippen LogP contribution < -0.4 is 41.8 Å². The molecule has 2 aliphatic heterocycles. The molecule has 0 atom stereocenters. The van der Waals surface area contributed by atoms with Crippen molar-refractivity contribution in [1.29, 1.82) is 0 Å². The van der Waals surface area contributed by atoms with E-state index >= 15 is 0 Å². The van der Waals surface area contributed by atoms with Crippen molar-refractivity contribution in [2.24, 2.45) is 0 Å². The molecule has 0 radical (unpaired) electrons. The number of aromatic nitrogens is 4. The Bertz CT molecular complexity index is 3390. The van der Waals surface area contributed by atoms with E-state index in [9.17, 15) is 0 Å². The van der Waals surface area contributed by atoms with E-state index in [1.54, 1.807) is 0 Å². The quantitative estimate of drug-likeness (QED) is 0.0864. The molecule has 0 amide bonds. The zero-order valence-electron chi connectivity index (χ0n) is 41.9. The number of hydrogen-bond donors (Lipinski definition) is 0. The molecular formula is C68H49BrN4P2PtZn. The van der Waals surface area contributed by atoms with Gasteiger partial charge in [0.1, 0.15) is 0 Å². The molecule has 0 spiro atoms. The van der Waals surface area contributed by atoms with Crippen LogP contribution in [0.15, 0.2) is 273 Å². The molecular weight excluding hydrogens is 1280 g/mol. The summed E-state index contributed by atoms with van der Waals surface area (Å²) >= 11 is 4.86.